The van der Waals surface area contributed by atoms with Gasteiger partial charge < -0.3 is 9.67 Å². The predicted octanol–water partition coefficient (Wildman–Crippen LogP) is 7.99. The minimum Gasteiger partial charge on any atom is -0.478 e. The zero-order chi connectivity index (χ0) is 29.9. The van der Waals surface area contributed by atoms with Gasteiger partial charge in [-0.2, -0.15) is 0 Å². The van der Waals surface area contributed by atoms with Crippen LogP contribution in [0.5, 0.6) is 0 Å². The first-order chi connectivity index (χ1) is 20.0. The second kappa shape index (κ2) is 12.4. The van der Waals surface area contributed by atoms with E-state index in [2.05, 4.69) is 0 Å². The maximum atomic E-state index is 11.7. The zero-order valence-electron chi connectivity index (χ0n) is 22.5. The molecule has 42 heavy (non-hydrogen) atoms. The van der Waals surface area contributed by atoms with Crippen LogP contribution in [0.15, 0.2) is 97.2 Å². The summed E-state index contributed by atoms with van der Waals surface area (Å²) in [6, 6.07) is 27.5. The lowest BCUT2D eigenvalue weighted by Gasteiger charge is -2.07. The second-order valence-electron chi connectivity index (χ2n) is 9.96. The van der Waals surface area contributed by atoms with Crippen molar-refractivity contribution in [3.8, 4) is 22.4 Å². The molecule has 0 aliphatic carbocycles. The standard InChI is InChI=1S/C33H26Cl2N2O4S/c1-42(40,41)21-24-3-2-4-27(17-24)25-10-5-22(6-11-25)9-16-32-36-31(29-15-14-28(34)18-30(29)35)20-37(32)19-23-7-12-26(13-8-23)33(38)39/h2-18,20H,19,21H2,1H3,(H,38,39)/b16-9+. The van der Waals surface area contributed by atoms with Crippen molar-refractivity contribution in [2.75, 3.05) is 6.26 Å². The quantitative estimate of drug-likeness (QED) is 0.181. The first-order valence-corrected chi connectivity index (χ1v) is 15.8. The Morgan fingerprint density at radius 3 is 2.29 bits per heavy atom. The Morgan fingerprint density at radius 1 is 0.881 bits per heavy atom. The van der Waals surface area contributed by atoms with Crippen molar-refractivity contribution in [1.29, 1.82) is 0 Å². The van der Waals surface area contributed by atoms with E-state index in [1.807, 2.05) is 77.5 Å². The average Bonchev–Trinajstić information content (AvgIpc) is 3.33. The highest BCUT2D eigenvalue weighted by atomic mass is 35.5. The van der Waals surface area contributed by atoms with Crippen molar-refractivity contribution in [2.45, 2.75) is 12.3 Å². The van der Waals surface area contributed by atoms with E-state index in [0.29, 0.717) is 28.1 Å². The molecule has 0 aliphatic rings. The van der Waals surface area contributed by atoms with E-state index >= 15 is 0 Å². The number of hydrogen-bond donors (Lipinski definition) is 1. The third kappa shape index (κ3) is 7.36. The lowest BCUT2D eigenvalue weighted by Crippen LogP contribution is -2.02. The molecule has 0 fully saturated rings. The fourth-order valence-electron chi connectivity index (χ4n) is 4.57. The molecule has 5 aromatic rings. The molecular weight excluding hydrogens is 591 g/mol. The largest absolute Gasteiger partial charge is 0.478 e. The molecule has 4 aromatic carbocycles. The summed E-state index contributed by atoms with van der Waals surface area (Å²) in [5.74, 6) is -0.280. The summed E-state index contributed by atoms with van der Waals surface area (Å²) in [4.78, 5) is 16.1. The fraction of sp³-hybridized carbons (Fsp3) is 0.0909. The number of imidazole rings is 1. The zero-order valence-corrected chi connectivity index (χ0v) is 24.9. The predicted molar refractivity (Wildman–Crippen MR) is 170 cm³/mol. The fourth-order valence-corrected chi connectivity index (χ4v) is 5.86. The van der Waals surface area contributed by atoms with Gasteiger partial charge in [-0.3, -0.25) is 0 Å². The summed E-state index contributed by atoms with van der Waals surface area (Å²) in [6.07, 6.45) is 7.02. The van der Waals surface area contributed by atoms with Crippen LogP contribution in [0.3, 0.4) is 0 Å². The number of rotatable bonds is 9. The summed E-state index contributed by atoms with van der Waals surface area (Å²) in [6.45, 7) is 0.473. The first-order valence-electron chi connectivity index (χ1n) is 12.9. The van der Waals surface area contributed by atoms with Crippen LogP contribution in [-0.4, -0.2) is 35.3 Å². The van der Waals surface area contributed by atoms with Crippen LogP contribution in [0.4, 0.5) is 0 Å². The molecule has 1 heterocycles. The summed E-state index contributed by atoms with van der Waals surface area (Å²) < 4.78 is 25.4. The van der Waals surface area contributed by atoms with Gasteiger partial charge in [0.25, 0.3) is 0 Å². The van der Waals surface area contributed by atoms with Gasteiger partial charge in [0.05, 0.1) is 22.0 Å². The van der Waals surface area contributed by atoms with Crippen molar-refractivity contribution in [2.24, 2.45) is 0 Å². The molecule has 1 aromatic heterocycles. The summed E-state index contributed by atoms with van der Waals surface area (Å²) in [5, 5.41) is 10.3. The molecule has 0 unspecified atom stereocenters. The molecule has 0 amide bonds. The number of hydrogen-bond acceptors (Lipinski definition) is 4. The lowest BCUT2D eigenvalue weighted by atomic mass is 10.0. The van der Waals surface area contributed by atoms with Crippen LogP contribution in [0.1, 0.15) is 32.9 Å². The van der Waals surface area contributed by atoms with Crippen molar-refractivity contribution in [3.05, 3.63) is 135 Å². The summed E-state index contributed by atoms with van der Waals surface area (Å²) in [5.41, 5.74) is 6.21. The monoisotopic (exact) mass is 616 g/mol. The molecule has 9 heteroatoms. The average molecular weight is 618 g/mol. The highest BCUT2D eigenvalue weighted by Crippen LogP contribution is 2.30. The van der Waals surface area contributed by atoms with Crippen molar-refractivity contribution in [3.63, 3.8) is 0 Å². The molecule has 212 valence electrons. The normalized spacial score (nSPS) is 11.7. The summed E-state index contributed by atoms with van der Waals surface area (Å²) >= 11 is 12.6. The van der Waals surface area contributed by atoms with E-state index < -0.39 is 15.8 Å². The Balaban J connectivity index is 1.43. The smallest absolute Gasteiger partial charge is 0.335 e. The number of sulfone groups is 1. The van der Waals surface area contributed by atoms with Gasteiger partial charge in [0, 0.05) is 29.6 Å². The first kappa shape index (κ1) is 29.3. The number of carboxylic acids is 1. The molecule has 0 bridgehead atoms. The maximum Gasteiger partial charge on any atom is 0.335 e. The van der Waals surface area contributed by atoms with Gasteiger partial charge in [-0.25, -0.2) is 18.2 Å². The highest BCUT2D eigenvalue weighted by Gasteiger charge is 2.13. The molecule has 0 aliphatic heterocycles. The van der Waals surface area contributed by atoms with Crippen molar-refractivity contribution in [1.82, 2.24) is 9.55 Å². The van der Waals surface area contributed by atoms with Crippen molar-refractivity contribution >= 4 is 51.2 Å². The molecular formula is C33H26Cl2N2O4S. The van der Waals surface area contributed by atoms with Gasteiger partial charge in [-0.15, -0.1) is 0 Å². The van der Waals surface area contributed by atoms with Gasteiger partial charge >= 0.3 is 5.97 Å². The van der Waals surface area contributed by atoms with Gasteiger partial charge in [0.1, 0.15) is 5.82 Å². The lowest BCUT2D eigenvalue weighted by molar-refractivity contribution is 0.0697. The van der Waals surface area contributed by atoms with Gasteiger partial charge in [-0.1, -0.05) is 89.9 Å². The van der Waals surface area contributed by atoms with Gasteiger partial charge in [-0.05, 0) is 64.2 Å². The molecule has 0 saturated heterocycles. The molecule has 5 rings (SSSR count). The van der Waals surface area contributed by atoms with E-state index in [0.717, 1.165) is 33.4 Å². The molecule has 0 atom stereocenters. The molecule has 0 saturated carbocycles. The number of aromatic nitrogens is 2. The van der Waals surface area contributed by atoms with Gasteiger partial charge in [0.2, 0.25) is 0 Å². The van der Waals surface area contributed by atoms with Crippen LogP contribution in [0.25, 0.3) is 34.5 Å². The van der Waals surface area contributed by atoms with E-state index in [1.54, 1.807) is 36.4 Å². The van der Waals surface area contributed by atoms with Crippen LogP contribution in [0, 0.1) is 0 Å². The van der Waals surface area contributed by atoms with Crippen LogP contribution >= 0.6 is 23.2 Å². The van der Waals surface area contributed by atoms with Crippen LogP contribution in [0.2, 0.25) is 10.0 Å². The number of halogens is 2. The number of aromatic carboxylic acids is 1. The van der Waals surface area contributed by atoms with Crippen molar-refractivity contribution < 1.29 is 18.3 Å². The Morgan fingerprint density at radius 2 is 1.62 bits per heavy atom. The van der Waals surface area contributed by atoms with E-state index in [9.17, 15) is 18.3 Å². The third-order valence-corrected chi connectivity index (χ3v) is 8.00. The topological polar surface area (TPSA) is 89.3 Å². The molecule has 1 N–H and O–H groups in total. The van der Waals surface area contributed by atoms with Crippen LogP contribution < -0.4 is 0 Å². The number of benzene rings is 4. The number of carboxylic acid groups (broad SMARTS) is 1. The van der Waals surface area contributed by atoms with E-state index in [-0.39, 0.29) is 11.3 Å². The maximum absolute atomic E-state index is 11.7. The highest BCUT2D eigenvalue weighted by molar-refractivity contribution is 7.89. The third-order valence-electron chi connectivity index (χ3n) is 6.59. The molecule has 0 radical (unpaired) electrons. The Hall–Kier alpha value is -4.17. The van der Waals surface area contributed by atoms with E-state index in [1.165, 1.54) is 6.26 Å². The van der Waals surface area contributed by atoms with Gasteiger partial charge in [0.15, 0.2) is 9.84 Å². The number of carbonyl (C=O) groups is 1. The summed E-state index contributed by atoms with van der Waals surface area (Å²) in [7, 11) is -3.12. The number of nitrogens with zero attached hydrogens (tertiary/aromatic N) is 2. The molecule has 0 spiro atoms. The minimum atomic E-state index is -3.12. The second-order valence-corrected chi connectivity index (χ2v) is 12.9. The Bertz CT molecular complexity index is 1900. The minimum absolute atomic E-state index is 0.00122. The Labute approximate surface area is 254 Å². The molecule has 6 nitrogen and oxygen atoms in total. The van der Waals surface area contributed by atoms with E-state index in [4.69, 9.17) is 28.2 Å². The Kier molecular flexibility index (Phi) is 8.64. The SMILES string of the molecule is CS(=O)(=O)Cc1cccc(-c2ccc(/C=C/c3nc(-c4ccc(Cl)cc4Cl)cn3Cc3ccc(C(=O)O)cc3)cc2)c1. The van der Waals surface area contributed by atoms with Crippen LogP contribution in [-0.2, 0) is 22.1 Å².